The highest BCUT2D eigenvalue weighted by Crippen LogP contribution is 2.36. The molecule has 1 amide bonds. The van der Waals surface area contributed by atoms with Crippen molar-refractivity contribution in [3.05, 3.63) is 65.0 Å². The second kappa shape index (κ2) is 8.70. The topological polar surface area (TPSA) is 87.3 Å². The van der Waals surface area contributed by atoms with Gasteiger partial charge in [0.25, 0.3) is 5.91 Å². The van der Waals surface area contributed by atoms with Gasteiger partial charge in [-0.15, -0.1) is 0 Å². The lowest BCUT2D eigenvalue weighted by atomic mass is 10.1. The van der Waals surface area contributed by atoms with Crippen LogP contribution in [-0.2, 0) is 11.4 Å². The molecule has 7 nitrogen and oxygen atoms in total. The highest BCUT2D eigenvalue weighted by atomic mass is 32.2. The standard InChI is InChI=1S/C21H14F4N4O3S/c1-31-16-9-11(6-7-15(16)32-10-12-4-2-3-5-14(12)22)8-13-17(26)29-20(27-18(13)30)33-19(28-29)21(23,24)25/h2-9,26H,10H2,1H3/b13-8-,26-17?. The number of carbonyl (C=O) groups excluding carboxylic acids is 1. The highest BCUT2D eigenvalue weighted by molar-refractivity contribution is 8.27. The molecule has 0 unspecified atom stereocenters. The van der Waals surface area contributed by atoms with E-state index in [9.17, 15) is 22.4 Å². The van der Waals surface area contributed by atoms with Crippen molar-refractivity contribution in [3.63, 3.8) is 0 Å². The van der Waals surface area contributed by atoms with Crippen LogP contribution in [0.2, 0.25) is 0 Å². The van der Waals surface area contributed by atoms with Gasteiger partial charge in [-0.05, 0) is 41.6 Å². The van der Waals surface area contributed by atoms with Gasteiger partial charge in [0.05, 0.1) is 12.7 Å². The third-order valence-corrected chi connectivity index (χ3v) is 5.49. The number of rotatable bonds is 5. The van der Waals surface area contributed by atoms with Crippen LogP contribution in [0.5, 0.6) is 11.5 Å². The van der Waals surface area contributed by atoms with E-state index < -0.39 is 28.8 Å². The molecular weight excluding hydrogens is 464 g/mol. The van der Waals surface area contributed by atoms with Crippen molar-refractivity contribution in [3.8, 4) is 11.5 Å². The Morgan fingerprint density at radius 2 is 1.94 bits per heavy atom. The van der Waals surface area contributed by atoms with Crippen LogP contribution >= 0.6 is 11.8 Å². The number of methoxy groups -OCH3 is 1. The van der Waals surface area contributed by atoms with Crippen molar-refractivity contribution in [1.29, 1.82) is 5.41 Å². The van der Waals surface area contributed by atoms with Gasteiger partial charge in [-0.3, -0.25) is 10.2 Å². The smallest absolute Gasteiger partial charge is 0.441 e. The minimum atomic E-state index is -4.72. The number of amides is 1. The van der Waals surface area contributed by atoms with Crippen LogP contribution in [0.1, 0.15) is 11.1 Å². The normalized spacial score (nSPS) is 17.1. The summed E-state index contributed by atoms with van der Waals surface area (Å²) in [5.74, 6) is -1.23. The lowest BCUT2D eigenvalue weighted by molar-refractivity contribution is -0.114. The number of nitrogens with zero attached hydrogens (tertiary/aromatic N) is 3. The van der Waals surface area contributed by atoms with E-state index in [1.54, 1.807) is 24.3 Å². The maximum atomic E-state index is 13.8. The number of nitrogens with one attached hydrogen (secondary N) is 1. The van der Waals surface area contributed by atoms with Crippen molar-refractivity contribution < 1.29 is 31.8 Å². The summed E-state index contributed by atoms with van der Waals surface area (Å²) in [6.07, 6.45) is -3.43. The van der Waals surface area contributed by atoms with E-state index in [-0.39, 0.29) is 34.9 Å². The van der Waals surface area contributed by atoms with E-state index in [2.05, 4.69) is 10.1 Å². The zero-order valence-corrected chi connectivity index (χ0v) is 17.6. The molecule has 4 rings (SSSR count). The number of ether oxygens (including phenoxy) is 2. The predicted octanol–water partition coefficient (Wildman–Crippen LogP) is 4.59. The summed E-state index contributed by atoms with van der Waals surface area (Å²) in [4.78, 5) is 16.0. The minimum Gasteiger partial charge on any atom is -0.493 e. The lowest BCUT2D eigenvalue weighted by Gasteiger charge is -2.20. The molecule has 2 aliphatic rings. The molecule has 33 heavy (non-hydrogen) atoms. The second-order valence-corrected chi connectivity index (χ2v) is 7.67. The molecule has 1 N–H and O–H groups in total. The Hall–Kier alpha value is -3.67. The summed E-state index contributed by atoms with van der Waals surface area (Å²) < 4.78 is 63.5. The lowest BCUT2D eigenvalue weighted by Crippen LogP contribution is -2.35. The summed E-state index contributed by atoms with van der Waals surface area (Å²) in [6, 6.07) is 10.7. The van der Waals surface area contributed by atoms with Crippen molar-refractivity contribution in [2.45, 2.75) is 12.8 Å². The Balaban J connectivity index is 1.58. The molecule has 0 spiro atoms. The quantitative estimate of drug-likeness (QED) is 0.502. The number of aliphatic imine (C=N–C) groups is 1. The molecule has 2 aromatic rings. The Kier molecular flexibility index (Phi) is 5.93. The molecular formula is C21H14F4N4O3S. The fourth-order valence-corrected chi connectivity index (χ4v) is 3.70. The zero-order valence-electron chi connectivity index (χ0n) is 16.8. The molecule has 0 aliphatic carbocycles. The van der Waals surface area contributed by atoms with E-state index in [0.717, 1.165) is 0 Å². The molecule has 12 heteroatoms. The largest absolute Gasteiger partial charge is 0.493 e. The molecule has 0 atom stereocenters. The first-order chi connectivity index (χ1) is 15.7. The molecule has 0 saturated heterocycles. The molecule has 0 fully saturated rings. The van der Waals surface area contributed by atoms with Crippen molar-refractivity contribution in [1.82, 2.24) is 5.01 Å². The van der Waals surface area contributed by atoms with Crippen LogP contribution in [-0.4, -0.2) is 40.2 Å². The summed E-state index contributed by atoms with van der Waals surface area (Å²) in [7, 11) is 1.39. The van der Waals surface area contributed by atoms with Gasteiger partial charge in [0.2, 0.25) is 10.2 Å². The van der Waals surface area contributed by atoms with Gasteiger partial charge < -0.3 is 9.47 Å². The minimum absolute atomic E-state index is 0.0454. The summed E-state index contributed by atoms with van der Waals surface area (Å²) in [6.45, 7) is -0.0454. The van der Waals surface area contributed by atoms with Crippen LogP contribution in [0.3, 0.4) is 0 Å². The molecule has 0 radical (unpaired) electrons. The van der Waals surface area contributed by atoms with Crippen molar-refractivity contribution in [2.75, 3.05) is 7.11 Å². The SMILES string of the molecule is COc1cc(/C=C2/C(=N)N3N=C(C(F)(F)F)SC3=NC2=O)ccc1OCc1ccccc1F. The number of hydrogen-bond donors (Lipinski definition) is 1. The third-order valence-electron chi connectivity index (χ3n) is 4.54. The number of hydrogen-bond acceptors (Lipinski definition) is 6. The van der Waals surface area contributed by atoms with E-state index >= 15 is 0 Å². The second-order valence-electron chi connectivity index (χ2n) is 6.71. The highest BCUT2D eigenvalue weighted by Gasteiger charge is 2.46. The van der Waals surface area contributed by atoms with Crippen LogP contribution in [0.4, 0.5) is 17.6 Å². The maximum absolute atomic E-state index is 13.8. The monoisotopic (exact) mass is 478 g/mol. The average Bonchev–Trinajstić information content (AvgIpc) is 3.21. The van der Waals surface area contributed by atoms with E-state index in [0.29, 0.717) is 21.9 Å². The van der Waals surface area contributed by atoms with Crippen LogP contribution in [0.25, 0.3) is 6.08 Å². The van der Waals surface area contributed by atoms with Gasteiger partial charge in [-0.25, -0.2) is 4.39 Å². The van der Waals surface area contributed by atoms with Gasteiger partial charge in [0.1, 0.15) is 12.4 Å². The molecule has 0 aromatic heterocycles. The number of carbonyl (C=O) groups is 1. The first-order valence-corrected chi connectivity index (χ1v) is 10.1. The third kappa shape index (κ3) is 4.60. The number of thioether (sulfide) groups is 1. The fraction of sp³-hybridized carbons (Fsp3) is 0.143. The average molecular weight is 478 g/mol. The number of fused-ring (bicyclic) bond motifs is 1. The molecule has 2 aromatic carbocycles. The number of alkyl halides is 3. The van der Waals surface area contributed by atoms with Gasteiger partial charge in [-0.1, -0.05) is 24.3 Å². The number of amidine groups is 2. The van der Waals surface area contributed by atoms with Crippen LogP contribution in [0.15, 0.2) is 58.1 Å². The Morgan fingerprint density at radius 1 is 1.18 bits per heavy atom. The van der Waals surface area contributed by atoms with Crippen LogP contribution < -0.4 is 9.47 Å². The Labute approximate surface area is 188 Å². The van der Waals surface area contributed by atoms with Crippen molar-refractivity contribution in [2.24, 2.45) is 10.1 Å². The first kappa shape index (κ1) is 22.5. The molecule has 170 valence electrons. The van der Waals surface area contributed by atoms with E-state index in [1.807, 2.05) is 0 Å². The number of halogens is 4. The molecule has 2 aliphatic heterocycles. The van der Waals surface area contributed by atoms with Gasteiger partial charge >= 0.3 is 6.18 Å². The van der Waals surface area contributed by atoms with Gasteiger partial charge in [-0.2, -0.15) is 28.3 Å². The summed E-state index contributed by atoms with van der Waals surface area (Å²) >= 11 is 0.179. The Morgan fingerprint density at radius 3 is 2.64 bits per heavy atom. The maximum Gasteiger partial charge on any atom is 0.441 e. The first-order valence-electron chi connectivity index (χ1n) is 9.29. The van der Waals surface area contributed by atoms with Crippen LogP contribution in [0, 0.1) is 11.2 Å². The fourth-order valence-electron chi connectivity index (χ4n) is 2.94. The number of benzene rings is 2. The van der Waals surface area contributed by atoms with Crippen molar-refractivity contribution >= 4 is 39.8 Å². The Bertz CT molecular complexity index is 1240. The molecule has 0 saturated carbocycles. The zero-order chi connectivity index (χ0) is 23.8. The summed E-state index contributed by atoms with van der Waals surface area (Å²) in [5, 5.41) is 10.6. The van der Waals surface area contributed by atoms with E-state index in [4.69, 9.17) is 14.9 Å². The molecule has 0 bridgehead atoms. The predicted molar refractivity (Wildman–Crippen MR) is 115 cm³/mol. The van der Waals surface area contributed by atoms with Gasteiger partial charge in [0, 0.05) is 5.56 Å². The molecule has 2 heterocycles. The number of hydrazone groups is 1. The van der Waals surface area contributed by atoms with E-state index in [1.165, 1.54) is 31.4 Å². The van der Waals surface area contributed by atoms with Gasteiger partial charge in [0.15, 0.2) is 17.3 Å². The summed E-state index contributed by atoms with van der Waals surface area (Å²) in [5.41, 5.74) is 0.514.